The third-order valence-corrected chi connectivity index (χ3v) is 6.12. The number of carbonyl (C=O) groups excluding carboxylic acids is 2. The van der Waals surface area contributed by atoms with E-state index in [0.29, 0.717) is 5.69 Å². The van der Waals surface area contributed by atoms with Crippen LogP contribution < -0.4 is 4.90 Å². The first kappa shape index (κ1) is 16.7. The van der Waals surface area contributed by atoms with E-state index in [-0.39, 0.29) is 11.9 Å². The standard InChI is InChI=1S/C20H19N3O2S/c1-12-9-10-13(17-21-14-7-5-6-8-16(14)26-17)11-15(12)23-18(24)20(2,3)22(4)19(23)25/h5-11H,1-4H3. The van der Waals surface area contributed by atoms with Crippen molar-refractivity contribution in [2.75, 3.05) is 11.9 Å². The minimum atomic E-state index is -0.852. The van der Waals surface area contributed by atoms with E-state index in [4.69, 9.17) is 0 Å². The number of benzene rings is 2. The average Bonchev–Trinajstić information content (AvgIpc) is 3.11. The SMILES string of the molecule is Cc1ccc(-c2nc3ccccc3s2)cc1N1C(=O)N(C)C(C)(C)C1=O. The molecule has 0 aliphatic carbocycles. The fourth-order valence-corrected chi connectivity index (χ4v) is 4.05. The second kappa shape index (κ2) is 5.64. The zero-order valence-electron chi connectivity index (χ0n) is 15.1. The van der Waals surface area contributed by atoms with E-state index in [1.54, 1.807) is 32.2 Å². The Morgan fingerprint density at radius 3 is 2.46 bits per heavy atom. The maximum Gasteiger partial charge on any atom is 0.332 e. The van der Waals surface area contributed by atoms with Crippen molar-refractivity contribution < 1.29 is 9.59 Å². The van der Waals surface area contributed by atoms with Gasteiger partial charge in [0.2, 0.25) is 0 Å². The van der Waals surface area contributed by atoms with Crippen LogP contribution in [-0.4, -0.2) is 34.4 Å². The van der Waals surface area contributed by atoms with E-state index >= 15 is 0 Å². The van der Waals surface area contributed by atoms with Gasteiger partial charge in [-0.15, -0.1) is 11.3 Å². The average molecular weight is 365 g/mol. The third kappa shape index (κ3) is 2.33. The highest BCUT2D eigenvalue weighted by Gasteiger charge is 2.50. The zero-order chi connectivity index (χ0) is 18.6. The number of likely N-dealkylation sites (N-methyl/N-ethyl adjacent to an activating group) is 1. The first-order valence-corrected chi connectivity index (χ1v) is 9.21. The van der Waals surface area contributed by atoms with Gasteiger partial charge in [-0.3, -0.25) is 4.79 Å². The summed E-state index contributed by atoms with van der Waals surface area (Å²) < 4.78 is 1.11. The number of nitrogens with zero attached hydrogens (tertiary/aromatic N) is 3. The first-order valence-electron chi connectivity index (χ1n) is 8.39. The number of fused-ring (bicyclic) bond motifs is 1. The van der Waals surface area contributed by atoms with Crippen molar-refractivity contribution in [3.8, 4) is 10.6 Å². The molecule has 1 fully saturated rings. The molecule has 0 radical (unpaired) electrons. The van der Waals surface area contributed by atoms with Gasteiger partial charge >= 0.3 is 6.03 Å². The predicted octanol–water partition coefficient (Wildman–Crippen LogP) is 4.45. The summed E-state index contributed by atoms with van der Waals surface area (Å²) in [6, 6.07) is 13.5. The number of urea groups is 1. The molecular formula is C20H19N3O2S. The predicted molar refractivity (Wildman–Crippen MR) is 105 cm³/mol. The molecule has 0 N–H and O–H groups in total. The van der Waals surface area contributed by atoms with Gasteiger partial charge in [0.05, 0.1) is 15.9 Å². The number of imide groups is 1. The van der Waals surface area contributed by atoms with Crippen LogP contribution in [0.15, 0.2) is 42.5 Å². The van der Waals surface area contributed by atoms with Crippen LogP contribution in [-0.2, 0) is 4.79 Å². The fourth-order valence-electron chi connectivity index (χ4n) is 3.08. The van der Waals surface area contributed by atoms with Crippen LogP contribution in [0.5, 0.6) is 0 Å². The van der Waals surface area contributed by atoms with Crippen LogP contribution in [0, 0.1) is 6.92 Å². The van der Waals surface area contributed by atoms with Crippen LogP contribution in [0.25, 0.3) is 20.8 Å². The Morgan fingerprint density at radius 1 is 1.08 bits per heavy atom. The van der Waals surface area contributed by atoms with Crippen LogP contribution in [0.3, 0.4) is 0 Å². The number of aromatic nitrogens is 1. The summed E-state index contributed by atoms with van der Waals surface area (Å²) in [6.45, 7) is 5.43. The minimum Gasteiger partial charge on any atom is -0.313 e. The normalized spacial score (nSPS) is 16.8. The molecule has 4 rings (SSSR count). The number of para-hydroxylation sites is 1. The topological polar surface area (TPSA) is 53.5 Å². The summed E-state index contributed by atoms with van der Waals surface area (Å²) in [5.74, 6) is -0.213. The molecular weight excluding hydrogens is 346 g/mol. The molecule has 1 aromatic heterocycles. The molecule has 0 unspecified atom stereocenters. The van der Waals surface area contributed by atoms with E-state index in [2.05, 4.69) is 4.98 Å². The number of aryl methyl sites for hydroxylation is 1. The lowest BCUT2D eigenvalue weighted by Crippen LogP contribution is -2.41. The molecule has 0 atom stereocenters. The number of amides is 3. The van der Waals surface area contributed by atoms with Gasteiger partial charge in [-0.05, 0) is 44.5 Å². The van der Waals surface area contributed by atoms with E-state index in [1.807, 2.05) is 49.4 Å². The Kier molecular flexibility index (Phi) is 3.63. The summed E-state index contributed by atoms with van der Waals surface area (Å²) in [7, 11) is 1.66. The van der Waals surface area contributed by atoms with Crippen molar-refractivity contribution in [2.45, 2.75) is 26.3 Å². The van der Waals surface area contributed by atoms with Crippen molar-refractivity contribution in [1.29, 1.82) is 0 Å². The maximum absolute atomic E-state index is 12.8. The van der Waals surface area contributed by atoms with Crippen molar-refractivity contribution in [3.05, 3.63) is 48.0 Å². The van der Waals surface area contributed by atoms with Gasteiger partial charge in [0.15, 0.2) is 0 Å². The second-order valence-corrected chi connectivity index (χ2v) is 8.06. The van der Waals surface area contributed by atoms with Crippen molar-refractivity contribution in [2.24, 2.45) is 0 Å². The van der Waals surface area contributed by atoms with Gasteiger partial charge < -0.3 is 4.90 Å². The van der Waals surface area contributed by atoms with Gasteiger partial charge in [0.1, 0.15) is 10.5 Å². The van der Waals surface area contributed by atoms with Crippen molar-refractivity contribution >= 4 is 39.2 Å². The second-order valence-electron chi connectivity index (χ2n) is 7.03. The molecule has 1 saturated heterocycles. The van der Waals surface area contributed by atoms with E-state index in [1.165, 1.54) is 9.80 Å². The van der Waals surface area contributed by atoms with Gasteiger partial charge in [-0.2, -0.15) is 0 Å². The lowest BCUT2D eigenvalue weighted by atomic mass is 10.0. The molecule has 0 saturated carbocycles. The number of rotatable bonds is 2. The highest BCUT2D eigenvalue weighted by atomic mass is 32.1. The van der Waals surface area contributed by atoms with E-state index < -0.39 is 5.54 Å². The molecule has 2 aromatic carbocycles. The monoisotopic (exact) mass is 365 g/mol. The molecule has 132 valence electrons. The van der Waals surface area contributed by atoms with Gasteiger partial charge in [-0.1, -0.05) is 24.3 Å². The number of hydrogen-bond acceptors (Lipinski definition) is 4. The van der Waals surface area contributed by atoms with Crippen molar-refractivity contribution in [3.63, 3.8) is 0 Å². The largest absolute Gasteiger partial charge is 0.332 e. The fraction of sp³-hybridized carbons (Fsp3) is 0.250. The Morgan fingerprint density at radius 2 is 1.81 bits per heavy atom. The highest BCUT2D eigenvalue weighted by Crippen LogP contribution is 2.37. The quantitative estimate of drug-likeness (QED) is 0.631. The summed E-state index contributed by atoms with van der Waals surface area (Å²) in [4.78, 5) is 33.0. The lowest BCUT2D eigenvalue weighted by molar-refractivity contribution is -0.123. The van der Waals surface area contributed by atoms with Gasteiger partial charge in [0.25, 0.3) is 5.91 Å². The third-order valence-electron chi connectivity index (χ3n) is 5.03. The molecule has 1 aliphatic rings. The summed E-state index contributed by atoms with van der Waals surface area (Å²) >= 11 is 1.60. The molecule has 5 nitrogen and oxygen atoms in total. The lowest BCUT2D eigenvalue weighted by Gasteiger charge is -2.22. The van der Waals surface area contributed by atoms with Crippen LogP contribution in [0.4, 0.5) is 10.5 Å². The molecule has 26 heavy (non-hydrogen) atoms. The number of anilines is 1. The Labute approximate surface area is 155 Å². The molecule has 1 aliphatic heterocycles. The van der Waals surface area contributed by atoms with Crippen LogP contribution >= 0.6 is 11.3 Å². The molecule has 0 bridgehead atoms. The van der Waals surface area contributed by atoms with Gasteiger partial charge in [-0.25, -0.2) is 14.7 Å². The maximum atomic E-state index is 12.8. The number of hydrogen-bond donors (Lipinski definition) is 0. The summed E-state index contributed by atoms with van der Waals surface area (Å²) in [5.41, 5.74) is 2.50. The molecule has 0 spiro atoms. The van der Waals surface area contributed by atoms with Crippen molar-refractivity contribution in [1.82, 2.24) is 9.88 Å². The molecule has 2 heterocycles. The molecule has 6 heteroatoms. The minimum absolute atomic E-state index is 0.213. The van der Waals surface area contributed by atoms with Gasteiger partial charge in [0, 0.05) is 12.6 Å². The summed E-state index contributed by atoms with van der Waals surface area (Å²) in [6.07, 6.45) is 0. The van der Waals surface area contributed by atoms with Crippen LogP contribution in [0.2, 0.25) is 0 Å². The smallest absolute Gasteiger partial charge is 0.313 e. The Hall–Kier alpha value is -2.73. The van der Waals surface area contributed by atoms with E-state index in [9.17, 15) is 9.59 Å². The summed E-state index contributed by atoms with van der Waals surface area (Å²) in [5, 5.41) is 0.874. The number of carbonyl (C=O) groups is 2. The molecule has 3 aromatic rings. The first-order chi connectivity index (χ1) is 12.3. The van der Waals surface area contributed by atoms with E-state index in [0.717, 1.165) is 26.4 Å². The van der Waals surface area contributed by atoms with Crippen LogP contribution in [0.1, 0.15) is 19.4 Å². The highest BCUT2D eigenvalue weighted by molar-refractivity contribution is 7.21. The Bertz CT molecular complexity index is 1020. The molecule has 3 amide bonds. The Balaban J connectivity index is 1.82. The zero-order valence-corrected chi connectivity index (χ0v) is 15.9. The number of thiazole rings is 1.